The quantitative estimate of drug-likeness (QED) is 0.178. The number of nitrogens with zero attached hydrogens (tertiary/aromatic N) is 2. The van der Waals surface area contributed by atoms with Gasteiger partial charge in [0.05, 0.1) is 0 Å². The fourth-order valence-electron chi connectivity index (χ4n) is 8.17. The van der Waals surface area contributed by atoms with Crippen LogP contribution in [0.15, 0.2) is 160 Å². The Bertz CT molecular complexity index is 2750. The minimum absolute atomic E-state index is 0.0808. The number of hydrogen-bond acceptors (Lipinski definition) is 4. The highest BCUT2D eigenvalue weighted by Gasteiger charge is 2.36. The minimum Gasteiger partial charge on any atom is -0.436 e. The van der Waals surface area contributed by atoms with Crippen LogP contribution >= 0.6 is 0 Å². The van der Waals surface area contributed by atoms with Gasteiger partial charge >= 0.3 is 0 Å². The van der Waals surface area contributed by atoms with Gasteiger partial charge in [0.25, 0.3) is 0 Å². The van der Waals surface area contributed by atoms with E-state index in [1.54, 1.807) is 0 Å². The molecule has 1 aliphatic carbocycles. The first-order chi connectivity index (χ1) is 26.6. The van der Waals surface area contributed by atoms with E-state index in [-0.39, 0.29) is 10.8 Å². The van der Waals surface area contributed by atoms with Gasteiger partial charge < -0.3 is 8.83 Å². The molecule has 0 atom stereocenters. The molecule has 0 saturated carbocycles. The highest BCUT2D eigenvalue weighted by molar-refractivity contribution is 5.88. The molecule has 0 N–H and O–H groups in total. The van der Waals surface area contributed by atoms with Crippen molar-refractivity contribution in [3.8, 4) is 67.4 Å². The smallest absolute Gasteiger partial charge is 0.227 e. The maximum Gasteiger partial charge on any atom is 0.227 e. The van der Waals surface area contributed by atoms with Gasteiger partial charge in [0.2, 0.25) is 11.8 Å². The minimum atomic E-state index is -0.135. The maximum atomic E-state index is 6.20. The molecule has 0 fully saturated rings. The number of hydrogen-bond donors (Lipinski definition) is 0. The highest BCUT2D eigenvalue weighted by atomic mass is 16.4. The van der Waals surface area contributed by atoms with Crippen molar-refractivity contribution in [2.75, 3.05) is 0 Å². The molecule has 2 heterocycles. The van der Waals surface area contributed by atoms with Crippen LogP contribution < -0.4 is 0 Å². The van der Waals surface area contributed by atoms with Crippen LogP contribution in [0.1, 0.15) is 51.3 Å². The second-order valence-corrected chi connectivity index (χ2v) is 16.3. The summed E-state index contributed by atoms with van der Waals surface area (Å²) in [5.41, 5.74) is 18.6. The van der Waals surface area contributed by atoms with Gasteiger partial charge in [-0.3, -0.25) is 0 Å². The summed E-state index contributed by atoms with van der Waals surface area (Å²) in [6, 6.07) is 53.8. The molecular weight excluding hydrogens is 673 g/mol. The number of para-hydroxylation sites is 4. The molecule has 0 unspecified atom stereocenters. The Morgan fingerprint density at radius 1 is 0.418 bits per heavy atom. The van der Waals surface area contributed by atoms with Crippen LogP contribution in [0.5, 0.6) is 0 Å². The van der Waals surface area contributed by atoms with E-state index in [1.807, 2.05) is 48.5 Å². The normalized spacial score (nSPS) is 13.3. The van der Waals surface area contributed by atoms with Crippen LogP contribution in [-0.2, 0) is 10.8 Å². The molecule has 0 saturated heterocycles. The van der Waals surface area contributed by atoms with Gasteiger partial charge in [0.15, 0.2) is 11.2 Å². The fraction of sp³-hybridized carbons (Fsp3) is 0.137. The van der Waals surface area contributed by atoms with E-state index in [1.165, 1.54) is 33.4 Å². The van der Waals surface area contributed by atoms with Gasteiger partial charge in [-0.15, -0.1) is 0 Å². The average Bonchev–Trinajstić information content (AvgIpc) is 3.90. The standard InChI is InChI=1S/C51H40N2O2/c1-50(2,3)39-21-23-41-40-22-20-33(29-42(40)51(4,5)43(41)30-39)38-27-36(31-12-10-14-34(24-31)48-52-44-16-6-8-18-46(44)54-48)26-37(28-38)32-13-11-15-35(25-32)49-53-45-17-7-9-19-47(45)55-49/h6-30H,1-5H3. The summed E-state index contributed by atoms with van der Waals surface area (Å²) >= 11 is 0. The third-order valence-corrected chi connectivity index (χ3v) is 11.3. The molecule has 0 bridgehead atoms. The molecule has 0 spiro atoms. The van der Waals surface area contributed by atoms with Gasteiger partial charge in [-0.25, -0.2) is 9.97 Å². The highest BCUT2D eigenvalue weighted by Crippen LogP contribution is 2.51. The van der Waals surface area contributed by atoms with Crippen molar-refractivity contribution < 1.29 is 8.83 Å². The Balaban J connectivity index is 1.11. The lowest BCUT2D eigenvalue weighted by atomic mass is 9.78. The second-order valence-electron chi connectivity index (χ2n) is 16.3. The molecule has 4 nitrogen and oxygen atoms in total. The number of oxazole rings is 2. The lowest BCUT2D eigenvalue weighted by Gasteiger charge is -2.25. The summed E-state index contributed by atoms with van der Waals surface area (Å²) in [5.74, 6) is 1.22. The largest absolute Gasteiger partial charge is 0.436 e. The van der Waals surface area contributed by atoms with Gasteiger partial charge in [-0.1, -0.05) is 113 Å². The van der Waals surface area contributed by atoms with Crippen LogP contribution in [0.25, 0.3) is 89.6 Å². The summed E-state index contributed by atoms with van der Waals surface area (Å²) in [6.45, 7) is 11.6. The van der Waals surface area contributed by atoms with Crippen molar-refractivity contribution >= 4 is 22.2 Å². The Morgan fingerprint density at radius 2 is 0.855 bits per heavy atom. The Morgan fingerprint density at radius 3 is 1.36 bits per heavy atom. The summed E-state index contributed by atoms with van der Waals surface area (Å²) in [6.07, 6.45) is 0. The Labute approximate surface area is 321 Å². The van der Waals surface area contributed by atoms with E-state index < -0.39 is 0 Å². The third kappa shape index (κ3) is 5.68. The van der Waals surface area contributed by atoms with E-state index >= 15 is 0 Å². The maximum absolute atomic E-state index is 6.20. The SMILES string of the molecule is CC(C)(C)c1ccc2c(c1)C(C)(C)c1cc(-c3cc(-c4cccc(-c5nc6ccccc6o5)c4)cc(-c4cccc(-c5nc6ccccc6o5)c4)c3)ccc1-2. The van der Waals surface area contributed by atoms with Crippen LogP contribution in [-0.4, -0.2) is 9.97 Å². The van der Waals surface area contributed by atoms with Crippen molar-refractivity contribution in [2.24, 2.45) is 0 Å². The van der Waals surface area contributed by atoms with Gasteiger partial charge in [-0.05, 0) is 139 Å². The van der Waals surface area contributed by atoms with Gasteiger partial charge in [-0.2, -0.15) is 0 Å². The van der Waals surface area contributed by atoms with E-state index in [2.05, 4.69) is 138 Å². The molecule has 266 valence electrons. The molecule has 0 aliphatic heterocycles. The lowest BCUT2D eigenvalue weighted by molar-refractivity contribution is 0.584. The predicted octanol–water partition coefficient (Wildman–Crippen LogP) is 13.9. The monoisotopic (exact) mass is 712 g/mol. The molecule has 55 heavy (non-hydrogen) atoms. The molecule has 1 aliphatic rings. The molecule has 7 aromatic carbocycles. The molecule has 9 aromatic rings. The van der Waals surface area contributed by atoms with Gasteiger partial charge in [0.1, 0.15) is 11.0 Å². The summed E-state index contributed by atoms with van der Waals surface area (Å²) < 4.78 is 12.4. The molecule has 4 heteroatoms. The molecule has 0 amide bonds. The first-order valence-corrected chi connectivity index (χ1v) is 19.0. The zero-order chi connectivity index (χ0) is 37.5. The first-order valence-electron chi connectivity index (χ1n) is 19.0. The van der Waals surface area contributed by atoms with Crippen molar-refractivity contribution in [3.05, 3.63) is 168 Å². The summed E-state index contributed by atoms with van der Waals surface area (Å²) in [4.78, 5) is 9.61. The lowest BCUT2D eigenvalue weighted by Crippen LogP contribution is -2.17. The van der Waals surface area contributed by atoms with E-state index in [0.29, 0.717) is 11.8 Å². The summed E-state index contributed by atoms with van der Waals surface area (Å²) in [5, 5.41) is 0. The topological polar surface area (TPSA) is 52.1 Å². The number of benzene rings is 7. The van der Waals surface area contributed by atoms with E-state index in [4.69, 9.17) is 18.8 Å². The number of aromatic nitrogens is 2. The van der Waals surface area contributed by atoms with Crippen molar-refractivity contribution in [2.45, 2.75) is 45.4 Å². The van der Waals surface area contributed by atoms with Crippen molar-refractivity contribution in [3.63, 3.8) is 0 Å². The second kappa shape index (κ2) is 12.3. The van der Waals surface area contributed by atoms with E-state index in [0.717, 1.165) is 61.1 Å². The molecule has 0 radical (unpaired) electrons. The number of rotatable bonds is 5. The zero-order valence-corrected chi connectivity index (χ0v) is 31.6. The van der Waals surface area contributed by atoms with Crippen molar-refractivity contribution in [1.82, 2.24) is 9.97 Å². The third-order valence-electron chi connectivity index (χ3n) is 11.3. The Hall–Kier alpha value is -6.52. The molecule has 2 aromatic heterocycles. The fourth-order valence-corrected chi connectivity index (χ4v) is 8.17. The van der Waals surface area contributed by atoms with Crippen LogP contribution in [0, 0.1) is 0 Å². The van der Waals surface area contributed by atoms with Crippen LogP contribution in [0.4, 0.5) is 0 Å². The summed E-state index contributed by atoms with van der Waals surface area (Å²) in [7, 11) is 0. The molecule has 10 rings (SSSR count). The first kappa shape index (κ1) is 33.1. The van der Waals surface area contributed by atoms with Crippen LogP contribution in [0.2, 0.25) is 0 Å². The van der Waals surface area contributed by atoms with Crippen LogP contribution in [0.3, 0.4) is 0 Å². The predicted molar refractivity (Wildman–Crippen MR) is 225 cm³/mol. The average molecular weight is 713 g/mol. The van der Waals surface area contributed by atoms with Gasteiger partial charge in [0, 0.05) is 16.5 Å². The molecular formula is C51H40N2O2. The number of fused-ring (bicyclic) bond motifs is 5. The Kier molecular flexibility index (Phi) is 7.37. The van der Waals surface area contributed by atoms with E-state index in [9.17, 15) is 0 Å². The van der Waals surface area contributed by atoms with Crippen molar-refractivity contribution in [1.29, 1.82) is 0 Å². The zero-order valence-electron chi connectivity index (χ0n) is 31.6.